The highest BCUT2D eigenvalue weighted by atomic mass is 15.2. The van der Waals surface area contributed by atoms with Gasteiger partial charge in [-0.25, -0.2) is 4.98 Å². The van der Waals surface area contributed by atoms with Crippen LogP contribution in [0.2, 0.25) is 0 Å². The summed E-state index contributed by atoms with van der Waals surface area (Å²) < 4.78 is 0. The molecule has 0 aliphatic carbocycles. The average molecular weight is 272 g/mol. The Kier molecular flexibility index (Phi) is 4.93. The van der Waals surface area contributed by atoms with Crippen LogP contribution < -0.4 is 10.2 Å². The topological polar surface area (TPSA) is 31.4 Å². The number of aromatic nitrogens is 1. The van der Waals surface area contributed by atoms with E-state index in [-0.39, 0.29) is 0 Å². The molecule has 0 saturated heterocycles. The summed E-state index contributed by atoms with van der Waals surface area (Å²) in [6.07, 6.45) is 0. The first-order valence-corrected chi connectivity index (χ1v) is 7.01. The van der Waals surface area contributed by atoms with Gasteiger partial charge < -0.3 is 15.1 Å². The highest BCUT2D eigenvalue weighted by Gasteiger charge is 2.08. The molecule has 4 heteroatoms. The first kappa shape index (κ1) is 14.8. The third kappa shape index (κ3) is 3.46. The molecule has 1 heterocycles. The van der Waals surface area contributed by atoms with Crippen molar-refractivity contribution in [3.8, 4) is 0 Å². The lowest BCUT2D eigenvalue weighted by atomic mass is 10.1. The van der Waals surface area contributed by atoms with Crippen molar-refractivity contribution in [3.05, 3.63) is 35.9 Å². The number of nitrogens with one attached hydrogen (secondary N) is 1. The molecule has 0 saturated carbocycles. The number of hydrogen-bond acceptors (Lipinski definition) is 4. The molecule has 0 spiro atoms. The zero-order chi connectivity index (χ0) is 14.5. The van der Waals surface area contributed by atoms with Gasteiger partial charge in [-0.2, -0.15) is 0 Å². The lowest BCUT2D eigenvalue weighted by Crippen LogP contribution is -2.29. The number of anilines is 1. The first-order valence-electron chi connectivity index (χ1n) is 7.01. The zero-order valence-corrected chi connectivity index (χ0v) is 12.8. The van der Waals surface area contributed by atoms with Crippen LogP contribution in [0.1, 0.15) is 5.56 Å². The summed E-state index contributed by atoms with van der Waals surface area (Å²) in [5.41, 5.74) is 2.36. The quantitative estimate of drug-likeness (QED) is 0.871. The number of para-hydroxylation sites is 1. The maximum absolute atomic E-state index is 4.78. The largest absolute Gasteiger partial charge is 0.358 e. The molecule has 0 aliphatic rings. The molecule has 1 aromatic carbocycles. The van der Waals surface area contributed by atoms with E-state index in [2.05, 4.69) is 60.5 Å². The number of rotatable bonds is 6. The Morgan fingerprint density at radius 1 is 1.10 bits per heavy atom. The fourth-order valence-electron chi connectivity index (χ4n) is 2.23. The van der Waals surface area contributed by atoms with Crippen molar-refractivity contribution in [1.29, 1.82) is 0 Å². The fourth-order valence-corrected chi connectivity index (χ4v) is 2.23. The van der Waals surface area contributed by atoms with E-state index in [4.69, 9.17) is 4.98 Å². The van der Waals surface area contributed by atoms with Gasteiger partial charge in [0.25, 0.3) is 0 Å². The Bertz CT molecular complexity index is 565. The molecule has 2 rings (SSSR count). The molecule has 108 valence electrons. The van der Waals surface area contributed by atoms with Crippen LogP contribution in [0.15, 0.2) is 30.3 Å². The Balaban J connectivity index is 2.33. The third-order valence-electron chi connectivity index (χ3n) is 3.43. The summed E-state index contributed by atoms with van der Waals surface area (Å²) in [5, 5.41) is 4.47. The van der Waals surface area contributed by atoms with Gasteiger partial charge >= 0.3 is 0 Å². The van der Waals surface area contributed by atoms with Gasteiger partial charge in [0.2, 0.25) is 0 Å². The highest BCUT2D eigenvalue weighted by molar-refractivity contribution is 5.84. The molecule has 0 radical (unpaired) electrons. The number of nitrogens with zero attached hydrogens (tertiary/aromatic N) is 3. The van der Waals surface area contributed by atoms with Gasteiger partial charge in [0.15, 0.2) is 0 Å². The van der Waals surface area contributed by atoms with Crippen LogP contribution in [-0.2, 0) is 6.54 Å². The second kappa shape index (κ2) is 6.68. The van der Waals surface area contributed by atoms with Crippen molar-refractivity contribution in [2.45, 2.75) is 6.54 Å². The van der Waals surface area contributed by atoms with E-state index in [0.717, 1.165) is 31.0 Å². The van der Waals surface area contributed by atoms with E-state index in [1.54, 1.807) is 0 Å². The molecular formula is C16H24N4. The minimum atomic E-state index is 0.859. The fraction of sp³-hybridized carbons (Fsp3) is 0.438. The minimum Gasteiger partial charge on any atom is -0.358 e. The molecule has 0 fully saturated rings. The molecule has 0 amide bonds. The normalized spacial score (nSPS) is 11.2. The molecule has 0 atom stereocenters. The number of likely N-dealkylation sites (N-methyl/N-ethyl adjacent to an activating group) is 2. The third-order valence-corrected chi connectivity index (χ3v) is 3.43. The number of pyridine rings is 1. The van der Waals surface area contributed by atoms with Gasteiger partial charge in [0, 0.05) is 32.1 Å². The van der Waals surface area contributed by atoms with E-state index in [9.17, 15) is 0 Å². The molecule has 1 aromatic heterocycles. The Morgan fingerprint density at radius 2 is 1.85 bits per heavy atom. The number of hydrogen-bond donors (Lipinski definition) is 1. The van der Waals surface area contributed by atoms with E-state index in [1.165, 1.54) is 10.9 Å². The number of benzene rings is 1. The summed E-state index contributed by atoms with van der Waals surface area (Å²) in [4.78, 5) is 9.18. The van der Waals surface area contributed by atoms with Gasteiger partial charge in [-0.3, -0.25) is 0 Å². The lowest BCUT2D eigenvalue weighted by Gasteiger charge is -2.22. The van der Waals surface area contributed by atoms with Crippen LogP contribution in [0, 0.1) is 0 Å². The second-order valence-electron chi connectivity index (χ2n) is 5.41. The molecular weight excluding hydrogens is 248 g/mol. The summed E-state index contributed by atoms with van der Waals surface area (Å²) >= 11 is 0. The summed E-state index contributed by atoms with van der Waals surface area (Å²) in [6, 6.07) is 10.5. The predicted octanol–water partition coefficient (Wildman–Crippen LogP) is 1.95. The standard InChI is InChI=1S/C16H24N4/c1-17-12-13-11-16(20(4)10-9-19(2)3)18-15-8-6-5-7-14(13)15/h5-8,11,17H,9-10,12H2,1-4H3. The smallest absolute Gasteiger partial charge is 0.129 e. The highest BCUT2D eigenvalue weighted by Crippen LogP contribution is 2.22. The van der Waals surface area contributed by atoms with E-state index in [0.29, 0.717) is 0 Å². The van der Waals surface area contributed by atoms with E-state index >= 15 is 0 Å². The maximum Gasteiger partial charge on any atom is 0.129 e. The number of fused-ring (bicyclic) bond motifs is 1. The Morgan fingerprint density at radius 3 is 2.55 bits per heavy atom. The van der Waals surface area contributed by atoms with Crippen LogP contribution in [0.25, 0.3) is 10.9 Å². The van der Waals surface area contributed by atoms with E-state index < -0.39 is 0 Å². The summed E-state index contributed by atoms with van der Waals surface area (Å²) in [5.74, 6) is 1.04. The van der Waals surface area contributed by atoms with Crippen LogP contribution in [0.3, 0.4) is 0 Å². The summed E-state index contributed by atoms with van der Waals surface area (Å²) in [6.45, 7) is 2.85. The minimum absolute atomic E-state index is 0.859. The van der Waals surface area contributed by atoms with Crippen LogP contribution in [0.4, 0.5) is 5.82 Å². The molecule has 20 heavy (non-hydrogen) atoms. The van der Waals surface area contributed by atoms with Crippen molar-refractivity contribution in [1.82, 2.24) is 15.2 Å². The van der Waals surface area contributed by atoms with Gasteiger partial charge in [0.05, 0.1) is 5.52 Å². The first-order chi connectivity index (χ1) is 9.61. The maximum atomic E-state index is 4.78. The molecule has 0 bridgehead atoms. The van der Waals surface area contributed by atoms with Crippen molar-refractivity contribution >= 4 is 16.7 Å². The van der Waals surface area contributed by atoms with Crippen LogP contribution in [0.5, 0.6) is 0 Å². The average Bonchev–Trinajstić information content (AvgIpc) is 2.45. The molecule has 0 aliphatic heterocycles. The Hall–Kier alpha value is -1.65. The zero-order valence-electron chi connectivity index (χ0n) is 12.8. The van der Waals surface area contributed by atoms with Gasteiger partial charge in [-0.15, -0.1) is 0 Å². The molecule has 0 unspecified atom stereocenters. The van der Waals surface area contributed by atoms with Crippen LogP contribution >= 0.6 is 0 Å². The second-order valence-corrected chi connectivity index (χ2v) is 5.41. The van der Waals surface area contributed by atoms with Crippen LogP contribution in [-0.4, -0.2) is 51.2 Å². The lowest BCUT2D eigenvalue weighted by molar-refractivity contribution is 0.416. The Labute approximate surface area is 121 Å². The molecule has 4 nitrogen and oxygen atoms in total. The molecule has 1 N–H and O–H groups in total. The van der Waals surface area contributed by atoms with Crippen molar-refractivity contribution in [3.63, 3.8) is 0 Å². The van der Waals surface area contributed by atoms with Crippen molar-refractivity contribution in [2.24, 2.45) is 0 Å². The van der Waals surface area contributed by atoms with Gasteiger partial charge in [-0.05, 0) is 38.8 Å². The van der Waals surface area contributed by atoms with Crippen molar-refractivity contribution < 1.29 is 0 Å². The van der Waals surface area contributed by atoms with Gasteiger partial charge in [0.1, 0.15) is 5.82 Å². The monoisotopic (exact) mass is 272 g/mol. The van der Waals surface area contributed by atoms with E-state index in [1.807, 2.05) is 13.1 Å². The molecule has 2 aromatic rings. The predicted molar refractivity (Wildman–Crippen MR) is 86.3 cm³/mol. The summed E-state index contributed by atoms with van der Waals surface area (Å²) in [7, 11) is 8.26. The van der Waals surface area contributed by atoms with Gasteiger partial charge in [-0.1, -0.05) is 18.2 Å². The SMILES string of the molecule is CNCc1cc(N(C)CCN(C)C)nc2ccccc12. The van der Waals surface area contributed by atoms with Crippen molar-refractivity contribution in [2.75, 3.05) is 46.2 Å².